The third-order valence-electron chi connectivity index (χ3n) is 5.77. The molecule has 1 aromatic heterocycles. The molecule has 10 heteroatoms. The highest BCUT2D eigenvalue weighted by Gasteiger charge is 2.18. The van der Waals surface area contributed by atoms with Crippen molar-refractivity contribution in [3.63, 3.8) is 0 Å². The molecule has 2 N–H and O–H groups in total. The number of phenolic OH excluding ortho intramolecular Hbond substituents is 1. The zero-order valence-corrected chi connectivity index (χ0v) is 22.7. The summed E-state index contributed by atoms with van der Waals surface area (Å²) in [6, 6.07) is 15.2. The number of hydrogen-bond donors (Lipinski definition) is 2. The smallest absolute Gasteiger partial charge is 0.262 e. The van der Waals surface area contributed by atoms with Crippen LogP contribution in [0.2, 0.25) is 0 Å². The van der Waals surface area contributed by atoms with Crippen molar-refractivity contribution >= 4 is 50.8 Å². The van der Waals surface area contributed by atoms with E-state index in [1.807, 2.05) is 49.6 Å². The Bertz CT molecular complexity index is 1620. The number of benzene rings is 3. The Kier molecular flexibility index (Phi) is 6.86. The number of methoxy groups -OCH3 is 1. The molecule has 5 rings (SSSR count). The molecule has 0 unspecified atom stereocenters. The van der Waals surface area contributed by atoms with Crippen LogP contribution in [0, 0.1) is 13.8 Å². The second kappa shape index (κ2) is 10.2. The second-order valence-electron chi connectivity index (χ2n) is 8.46. The van der Waals surface area contributed by atoms with E-state index in [1.165, 1.54) is 18.4 Å². The maximum atomic E-state index is 11.9. The van der Waals surface area contributed by atoms with Gasteiger partial charge in [0.2, 0.25) is 4.80 Å². The van der Waals surface area contributed by atoms with E-state index in [0.29, 0.717) is 26.5 Å². The van der Waals surface area contributed by atoms with Gasteiger partial charge >= 0.3 is 0 Å². The Balaban J connectivity index is 1.66. The Morgan fingerprint density at radius 1 is 1.19 bits per heavy atom. The number of phenols is 1. The Morgan fingerprint density at radius 2 is 2.03 bits per heavy atom. The topological polar surface area (TPSA) is 97.4 Å². The molecule has 8 nitrogen and oxygen atoms in total. The van der Waals surface area contributed by atoms with Crippen LogP contribution in [0.1, 0.15) is 16.7 Å². The number of aryl methyl sites for hydroxylation is 2. The summed E-state index contributed by atoms with van der Waals surface area (Å²) in [5.74, 6) is 0.776. The van der Waals surface area contributed by atoms with Gasteiger partial charge in [-0.3, -0.25) is 4.79 Å². The number of anilines is 1. The van der Waals surface area contributed by atoms with Gasteiger partial charge in [0.25, 0.3) is 5.91 Å². The molecule has 1 aliphatic rings. The van der Waals surface area contributed by atoms with Gasteiger partial charge in [-0.1, -0.05) is 12.1 Å². The average Bonchev–Trinajstić information content (AvgIpc) is 3.28. The predicted octanol–water partition coefficient (Wildman–Crippen LogP) is 5.76. The number of amides is 1. The standard InChI is InChI=1S/C27H23BrN4O4S/c1-15-4-5-16(2)20(8-15)31-27-32(29-12-17-9-19(28)26(34)24(10-17)35-3)22(14-37-27)18-6-7-23-21(11-18)30-25(33)13-36-23/h4-12,14,34H,13H2,1-3H3,(H,30,33). The first kappa shape index (κ1) is 24.8. The Morgan fingerprint density at radius 3 is 2.84 bits per heavy atom. The Hall–Kier alpha value is -3.89. The van der Waals surface area contributed by atoms with E-state index >= 15 is 0 Å². The van der Waals surface area contributed by atoms with E-state index in [0.717, 1.165) is 33.6 Å². The summed E-state index contributed by atoms with van der Waals surface area (Å²) in [7, 11) is 1.49. The van der Waals surface area contributed by atoms with Crippen molar-refractivity contribution in [2.75, 3.05) is 19.0 Å². The third kappa shape index (κ3) is 5.16. The predicted molar refractivity (Wildman–Crippen MR) is 148 cm³/mol. The lowest BCUT2D eigenvalue weighted by Gasteiger charge is -2.18. The lowest BCUT2D eigenvalue weighted by molar-refractivity contribution is -0.118. The van der Waals surface area contributed by atoms with Crippen LogP contribution in [-0.2, 0) is 4.79 Å². The van der Waals surface area contributed by atoms with Crippen LogP contribution >= 0.6 is 27.3 Å². The van der Waals surface area contributed by atoms with Crippen LogP contribution in [-0.4, -0.2) is 35.6 Å². The molecule has 0 saturated heterocycles. The lowest BCUT2D eigenvalue weighted by atomic mass is 10.1. The number of carbonyl (C=O) groups excluding carboxylic acids is 1. The Labute approximate surface area is 225 Å². The number of hydrogen-bond acceptors (Lipinski definition) is 7. The number of rotatable bonds is 5. The van der Waals surface area contributed by atoms with Gasteiger partial charge in [-0.05, 0) is 82.9 Å². The van der Waals surface area contributed by atoms with E-state index in [4.69, 9.17) is 19.6 Å². The molecule has 0 bridgehead atoms. The largest absolute Gasteiger partial charge is 0.503 e. The van der Waals surface area contributed by atoms with Gasteiger partial charge in [-0.25, -0.2) is 9.67 Å². The molecule has 0 atom stereocenters. The highest BCUT2D eigenvalue weighted by molar-refractivity contribution is 9.10. The number of halogens is 1. The number of ether oxygens (including phenoxy) is 2. The molecule has 0 saturated carbocycles. The zero-order chi connectivity index (χ0) is 26.1. The first-order valence-corrected chi connectivity index (χ1v) is 13.0. The van der Waals surface area contributed by atoms with E-state index in [-0.39, 0.29) is 18.3 Å². The number of nitrogens with zero attached hydrogens (tertiary/aromatic N) is 3. The minimum atomic E-state index is -0.196. The molecule has 1 amide bonds. The van der Waals surface area contributed by atoms with E-state index in [2.05, 4.69) is 27.3 Å². The summed E-state index contributed by atoms with van der Waals surface area (Å²) in [4.78, 5) is 17.5. The normalized spacial score (nSPS) is 13.4. The number of aromatic nitrogens is 1. The molecule has 2 heterocycles. The number of thiazole rings is 1. The minimum absolute atomic E-state index is 0.000382. The van der Waals surface area contributed by atoms with Gasteiger partial charge in [0.05, 0.1) is 34.9 Å². The van der Waals surface area contributed by atoms with Gasteiger partial charge < -0.3 is 19.9 Å². The van der Waals surface area contributed by atoms with Gasteiger partial charge in [-0.15, -0.1) is 11.3 Å². The summed E-state index contributed by atoms with van der Waals surface area (Å²) in [5.41, 5.74) is 5.98. The third-order valence-corrected chi connectivity index (χ3v) is 7.19. The SMILES string of the molecule is COc1cc(C=Nn2c(-c3ccc4c(c3)NC(=O)CO4)csc2=Nc2cc(C)ccc2C)cc(Br)c1O. The van der Waals surface area contributed by atoms with Gasteiger partial charge in [0.1, 0.15) is 5.75 Å². The monoisotopic (exact) mass is 578 g/mol. The first-order chi connectivity index (χ1) is 17.8. The molecule has 188 valence electrons. The van der Waals surface area contributed by atoms with Crippen molar-refractivity contribution in [1.29, 1.82) is 0 Å². The molecule has 3 aromatic carbocycles. The second-order valence-corrected chi connectivity index (χ2v) is 10.2. The van der Waals surface area contributed by atoms with Crippen molar-refractivity contribution in [2.45, 2.75) is 13.8 Å². The molecule has 0 fully saturated rings. The van der Waals surface area contributed by atoms with Gasteiger partial charge in [-0.2, -0.15) is 5.10 Å². The highest BCUT2D eigenvalue weighted by Crippen LogP contribution is 2.35. The zero-order valence-electron chi connectivity index (χ0n) is 20.3. The van der Waals surface area contributed by atoms with Gasteiger partial charge in [0, 0.05) is 10.9 Å². The average molecular weight is 579 g/mol. The van der Waals surface area contributed by atoms with Crippen molar-refractivity contribution in [1.82, 2.24) is 4.68 Å². The van der Waals surface area contributed by atoms with Crippen LogP contribution in [0.3, 0.4) is 0 Å². The molecular formula is C27H23BrN4O4S. The lowest BCUT2D eigenvalue weighted by Crippen LogP contribution is -2.25. The fourth-order valence-corrected chi connectivity index (χ4v) is 5.13. The number of aromatic hydroxyl groups is 1. The van der Waals surface area contributed by atoms with Crippen LogP contribution in [0.15, 0.2) is 68.5 Å². The molecule has 37 heavy (non-hydrogen) atoms. The number of fused-ring (bicyclic) bond motifs is 1. The van der Waals surface area contributed by atoms with Crippen molar-refractivity contribution in [2.24, 2.45) is 10.1 Å². The van der Waals surface area contributed by atoms with Crippen LogP contribution in [0.4, 0.5) is 11.4 Å². The highest BCUT2D eigenvalue weighted by atomic mass is 79.9. The number of carbonyl (C=O) groups is 1. The van der Waals surface area contributed by atoms with Crippen molar-refractivity contribution < 1.29 is 19.4 Å². The van der Waals surface area contributed by atoms with Crippen molar-refractivity contribution in [3.8, 4) is 28.5 Å². The van der Waals surface area contributed by atoms with E-state index in [1.54, 1.807) is 23.0 Å². The molecule has 0 spiro atoms. The maximum absolute atomic E-state index is 11.9. The molecule has 4 aromatic rings. The molecule has 0 aliphatic carbocycles. The quantitative estimate of drug-likeness (QED) is 0.294. The first-order valence-electron chi connectivity index (χ1n) is 11.3. The molecule has 0 radical (unpaired) electrons. The van der Waals surface area contributed by atoms with Crippen molar-refractivity contribution in [3.05, 3.63) is 79.9 Å². The minimum Gasteiger partial charge on any atom is -0.503 e. The van der Waals surface area contributed by atoms with Crippen LogP contribution in [0.5, 0.6) is 17.2 Å². The molecule has 1 aliphatic heterocycles. The van der Waals surface area contributed by atoms with Crippen LogP contribution < -0.4 is 19.6 Å². The summed E-state index contributed by atoms with van der Waals surface area (Å²) in [6.45, 7) is 4.05. The summed E-state index contributed by atoms with van der Waals surface area (Å²) < 4.78 is 13.0. The summed E-state index contributed by atoms with van der Waals surface area (Å²) >= 11 is 4.82. The maximum Gasteiger partial charge on any atom is 0.262 e. The van der Waals surface area contributed by atoms with Crippen LogP contribution in [0.25, 0.3) is 11.3 Å². The number of nitrogens with one attached hydrogen (secondary N) is 1. The summed E-state index contributed by atoms with van der Waals surface area (Å²) in [6.07, 6.45) is 1.67. The fraction of sp³-hybridized carbons (Fsp3) is 0.148. The molecular weight excluding hydrogens is 556 g/mol. The van der Waals surface area contributed by atoms with Gasteiger partial charge in [0.15, 0.2) is 18.1 Å². The van der Waals surface area contributed by atoms with E-state index in [9.17, 15) is 9.90 Å². The van der Waals surface area contributed by atoms with E-state index < -0.39 is 0 Å². The fourth-order valence-electron chi connectivity index (χ4n) is 3.82. The summed E-state index contributed by atoms with van der Waals surface area (Å²) in [5, 5.41) is 19.8.